The number of alkyl halides is 2. The van der Waals surface area contributed by atoms with E-state index in [1.807, 2.05) is 49.4 Å². The summed E-state index contributed by atoms with van der Waals surface area (Å²) in [4.78, 5) is 26.8. The van der Waals surface area contributed by atoms with E-state index in [-0.39, 0.29) is 12.5 Å². The topological polar surface area (TPSA) is 71.8 Å². The second kappa shape index (κ2) is 9.85. The molecule has 1 amide bonds. The molecule has 0 aliphatic carbocycles. The Kier molecular flexibility index (Phi) is 7.00. The zero-order valence-electron chi connectivity index (χ0n) is 20.5. The van der Waals surface area contributed by atoms with E-state index in [0.717, 1.165) is 17.3 Å². The summed E-state index contributed by atoms with van der Waals surface area (Å²) in [5.74, 6) is 0. The Balaban J connectivity index is 1.53. The van der Waals surface area contributed by atoms with E-state index in [0.29, 0.717) is 28.7 Å². The molecule has 8 heteroatoms. The number of halogens is 2. The second-order valence-electron chi connectivity index (χ2n) is 9.90. The van der Waals surface area contributed by atoms with E-state index >= 15 is 0 Å². The molecule has 0 bridgehead atoms. The summed E-state index contributed by atoms with van der Waals surface area (Å²) in [6.07, 6.45) is 1.42. The average Bonchev–Trinajstić information content (AvgIpc) is 2.83. The highest BCUT2D eigenvalue weighted by Crippen LogP contribution is 2.42. The number of rotatable bonds is 7. The number of hydrogen-bond acceptors (Lipinski definition) is 4. The zero-order valence-corrected chi connectivity index (χ0v) is 20.5. The van der Waals surface area contributed by atoms with Crippen LogP contribution in [0.2, 0.25) is 0 Å². The number of carbonyl (C=O) groups is 1. The molecular weight excluding hydrogens is 466 g/mol. The predicted molar refractivity (Wildman–Crippen MR) is 133 cm³/mol. The Morgan fingerprint density at radius 3 is 2.25 bits per heavy atom. The summed E-state index contributed by atoms with van der Waals surface area (Å²) >= 11 is 0. The molecular formula is C28H30F2N2O4. The molecule has 1 fully saturated rings. The third-order valence-electron chi connectivity index (χ3n) is 6.64. The molecule has 2 aromatic carbocycles. The quantitative estimate of drug-likeness (QED) is 0.444. The molecule has 2 atom stereocenters. The molecule has 190 valence electrons. The first-order valence-corrected chi connectivity index (χ1v) is 11.9. The molecule has 1 N–H and O–H groups in total. The number of amides is 1. The summed E-state index contributed by atoms with van der Waals surface area (Å²) in [7, 11) is 0. The number of aromatic nitrogens is 1. The first-order chi connectivity index (χ1) is 17.0. The van der Waals surface area contributed by atoms with Gasteiger partial charge in [-0.2, -0.15) is 8.78 Å². The lowest BCUT2D eigenvalue weighted by atomic mass is 9.80. The number of carbonyl (C=O) groups excluding carboxylic acids is 1. The number of nitrogens with zero attached hydrogens (tertiary/aromatic N) is 2. The van der Waals surface area contributed by atoms with Gasteiger partial charge in [0.15, 0.2) is 0 Å². The van der Waals surface area contributed by atoms with Crippen molar-refractivity contribution < 1.29 is 23.4 Å². The van der Waals surface area contributed by atoms with Crippen molar-refractivity contribution in [2.75, 3.05) is 6.54 Å². The van der Waals surface area contributed by atoms with Crippen molar-refractivity contribution in [3.05, 3.63) is 94.4 Å². The molecule has 2 heterocycles. The van der Waals surface area contributed by atoms with Gasteiger partial charge in [-0.15, -0.1) is 0 Å². The molecule has 0 spiro atoms. The van der Waals surface area contributed by atoms with Crippen LogP contribution in [-0.2, 0) is 10.3 Å². The predicted octanol–water partition coefficient (Wildman–Crippen LogP) is 5.87. The number of ether oxygens (including phenoxy) is 1. The van der Waals surface area contributed by atoms with Gasteiger partial charge in [0, 0.05) is 31.6 Å². The fourth-order valence-corrected chi connectivity index (χ4v) is 4.86. The van der Waals surface area contributed by atoms with E-state index < -0.39 is 29.4 Å². The van der Waals surface area contributed by atoms with E-state index in [1.165, 1.54) is 12.1 Å². The van der Waals surface area contributed by atoms with Crippen molar-refractivity contribution in [1.29, 1.82) is 0 Å². The summed E-state index contributed by atoms with van der Waals surface area (Å²) in [5.41, 5.74) is 0.234. The molecule has 1 aliphatic heterocycles. The van der Waals surface area contributed by atoms with Gasteiger partial charge in [0.25, 0.3) is 5.56 Å². The minimum Gasteiger partial charge on any atom is -0.438 e. The van der Waals surface area contributed by atoms with Crippen molar-refractivity contribution in [1.82, 2.24) is 9.47 Å². The number of hydrogen-bond donors (Lipinski definition) is 1. The van der Waals surface area contributed by atoms with Gasteiger partial charge in [0.1, 0.15) is 5.60 Å². The Bertz CT molecular complexity index is 1270. The minimum absolute atomic E-state index is 0.275. The summed E-state index contributed by atoms with van der Waals surface area (Å²) in [5, 5.41) is 10.6. The Labute approximate surface area is 208 Å². The molecule has 6 nitrogen and oxygen atoms in total. The highest BCUT2D eigenvalue weighted by atomic mass is 19.3. The van der Waals surface area contributed by atoms with Gasteiger partial charge in [-0.1, -0.05) is 54.6 Å². The van der Waals surface area contributed by atoms with Crippen LogP contribution in [0.3, 0.4) is 0 Å². The highest BCUT2D eigenvalue weighted by Gasteiger charge is 2.46. The smallest absolute Gasteiger partial charge is 0.411 e. The third kappa shape index (κ3) is 5.33. The number of pyridine rings is 1. The molecule has 0 saturated carbocycles. The van der Waals surface area contributed by atoms with Crippen molar-refractivity contribution in [2.45, 2.75) is 57.4 Å². The highest BCUT2D eigenvalue weighted by molar-refractivity contribution is 5.70. The fourth-order valence-electron chi connectivity index (χ4n) is 4.86. The maximum atomic E-state index is 13.2. The van der Waals surface area contributed by atoms with Crippen LogP contribution in [0.5, 0.6) is 0 Å². The lowest BCUT2D eigenvalue weighted by Crippen LogP contribution is -2.51. The standard InChI is InChI=1S/C28H30F2N2O4/c1-19(20-9-11-21(12-10-20)22-13-15-32(25(29)30)24(33)17-22)31-16-14-28(36-26(31)34,18-27(2,3)35)23-7-5-4-6-8-23/h4-13,15,17,19,25,35H,14,16,18H2,1-3H3. The van der Waals surface area contributed by atoms with Gasteiger partial charge in [-0.3, -0.25) is 9.36 Å². The monoisotopic (exact) mass is 496 g/mol. The largest absolute Gasteiger partial charge is 0.438 e. The van der Waals surface area contributed by atoms with Gasteiger partial charge in [0.2, 0.25) is 0 Å². The van der Waals surface area contributed by atoms with Crippen molar-refractivity contribution in [3.8, 4) is 11.1 Å². The first kappa shape index (κ1) is 25.6. The number of aliphatic hydroxyl groups is 1. The van der Waals surface area contributed by atoms with Crippen LogP contribution in [0, 0.1) is 0 Å². The normalized spacial score (nSPS) is 19.3. The SMILES string of the molecule is CC(c1ccc(-c2ccn(C(F)F)c(=O)c2)cc1)N1CCC(CC(C)(C)O)(c2ccccc2)OC1=O. The van der Waals surface area contributed by atoms with Gasteiger partial charge >= 0.3 is 12.6 Å². The van der Waals surface area contributed by atoms with Gasteiger partial charge in [-0.25, -0.2) is 4.79 Å². The Morgan fingerprint density at radius 2 is 1.69 bits per heavy atom. The lowest BCUT2D eigenvalue weighted by molar-refractivity contribution is -0.101. The first-order valence-electron chi connectivity index (χ1n) is 11.9. The van der Waals surface area contributed by atoms with Gasteiger partial charge in [-0.05, 0) is 49.1 Å². The molecule has 4 rings (SSSR count). The molecule has 1 aliphatic rings. The Morgan fingerprint density at radius 1 is 1.03 bits per heavy atom. The molecule has 0 radical (unpaired) electrons. The van der Waals surface area contributed by atoms with Crippen LogP contribution in [0.4, 0.5) is 13.6 Å². The summed E-state index contributed by atoms with van der Waals surface area (Å²) in [6.45, 7) is 2.88. The van der Waals surface area contributed by atoms with Gasteiger partial charge in [0.05, 0.1) is 11.6 Å². The fraction of sp³-hybridized carbons (Fsp3) is 0.357. The lowest BCUT2D eigenvalue weighted by Gasteiger charge is -2.45. The molecule has 2 unspecified atom stereocenters. The van der Waals surface area contributed by atoms with E-state index in [4.69, 9.17) is 4.74 Å². The van der Waals surface area contributed by atoms with E-state index in [9.17, 15) is 23.5 Å². The summed E-state index contributed by atoms with van der Waals surface area (Å²) in [6, 6.07) is 19.2. The van der Waals surface area contributed by atoms with E-state index in [1.54, 1.807) is 30.9 Å². The van der Waals surface area contributed by atoms with Gasteiger partial charge < -0.3 is 14.7 Å². The van der Waals surface area contributed by atoms with Crippen LogP contribution in [-0.4, -0.2) is 32.8 Å². The molecule has 3 aromatic rings. The summed E-state index contributed by atoms with van der Waals surface area (Å²) < 4.78 is 32.1. The van der Waals surface area contributed by atoms with Crippen molar-refractivity contribution in [3.63, 3.8) is 0 Å². The van der Waals surface area contributed by atoms with Crippen LogP contribution in [0.25, 0.3) is 11.1 Å². The minimum atomic E-state index is -2.89. The maximum absolute atomic E-state index is 13.2. The van der Waals surface area contributed by atoms with Crippen LogP contribution in [0.1, 0.15) is 57.3 Å². The number of benzene rings is 2. The van der Waals surface area contributed by atoms with Crippen molar-refractivity contribution >= 4 is 6.09 Å². The third-order valence-corrected chi connectivity index (χ3v) is 6.64. The van der Waals surface area contributed by atoms with Crippen molar-refractivity contribution in [2.24, 2.45) is 0 Å². The average molecular weight is 497 g/mol. The second-order valence-corrected chi connectivity index (χ2v) is 9.90. The molecule has 1 aromatic heterocycles. The zero-order chi connectivity index (χ0) is 26.1. The van der Waals surface area contributed by atoms with Crippen LogP contribution >= 0.6 is 0 Å². The maximum Gasteiger partial charge on any atom is 0.411 e. The number of cyclic esters (lactones) is 1. The Hall–Kier alpha value is -3.52. The van der Waals surface area contributed by atoms with E-state index in [2.05, 4.69) is 0 Å². The molecule has 36 heavy (non-hydrogen) atoms. The molecule has 1 saturated heterocycles. The van der Waals surface area contributed by atoms with Crippen LogP contribution < -0.4 is 5.56 Å². The van der Waals surface area contributed by atoms with Crippen LogP contribution in [0.15, 0.2) is 77.7 Å².